The van der Waals surface area contributed by atoms with Gasteiger partial charge in [-0.25, -0.2) is 0 Å². The Morgan fingerprint density at radius 3 is 2.53 bits per heavy atom. The largest absolute Gasteiger partial charge is 0.378 e. The second-order valence-corrected chi connectivity index (χ2v) is 5.09. The lowest BCUT2D eigenvalue weighted by atomic mass is 10.0. The van der Waals surface area contributed by atoms with Crippen molar-refractivity contribution in [2.45, 2.75) is 52.0 Å². The average Bonchev–Trinajstić information content (AvgIpc) is 2.35. The van der Waals surface area contributed by atoms with Gasteiger partial charge in [-0.1, -0.05) is 33.1 Å². The Hall–Kier alpha value is -0.920. The van der Waals surface area contributed by atoms with Crippen LogP contribution >= 0.6 is 0 Å². The highest BCUT2D eigenvalue weighted by Gasteiger charge is 2.14. The van der Waals surface area contributed by atoms with Gasteiger partial charge in [0.05, 0.1) is 0 Å². The van der Waals surface area contributed by atoms with Crippen molar-refractivity contribution in [2.24, 2.45) is 0 Å². The van der Waals surface area contributed by atoms with Gasteiger partial charge < -0.3 is 9.80 Å². The molecule has 2 heteroatoms. The fourth-order valence-electron chi connectivity index (χ4n) is 2.34. The van der Waals surface area contributed by atoms with Crippen molar-refractivity contribution < 1.29 is 0 Å². The molecule has 2 nitrogen and oxygen atoms in total. The van der Waals surface area contributed by atoms with Crippen LogP contribution in [0.25, 0.3) is 0 Å². The lowest BCUT2D eigenvalue weighted by Gasteiger charge is -2.32. The van der Waals surface area contributed by atoms with E-state index in [0.29, 0.717) is 0 Å². The number of nitrogens with zero attached hydrogens (tertiary/aromatic N) is 2. The van der Waals surface area contributed by atoms with E-state index in [1.54, 1.807) is 0 Å². The van der Waals surface area contributed by atoms with Crippen molar-refractivity contribution >= 4 is 0 Å². The molecule has 0 aliphatic carbocycles. The summed E-state index contributed by atoms with van der Waals surface area (Å²) in [6.45, 7) is 5.64. The molecule has 0 amide bonds. The SMILES string of the molecule is CCCCCC(CC)N1C=CC(N(C)C)=CC1. The lowest BCUT2D eigenvalue weighted by Crippen LogP contribution is -2.32. The maximum Gasteiger partial charge on any atom is 0.0380 e. The fourth-order valence-corrected chi connectivity index (χ4v) is 2.34. The first-order valence-electron chi connectivity index (χ1n) is 7.00. The minimum absolute atomic E-state index is 0.720. The van der Waals surface area contributed by atoms with Crippen LogP contribution in [0.5, 0.6) is 0 Å². The molecule has 0 saturated heterocycles. The van der Waals surface area contributed by atoms with Crippen LogP contribution in [0.15, 0.2) is 24.0 Å². The van der Waals surface area contributed by atoms with Gasteiger partial charge in [0.1, 0.15) is 0 Å². The maximum atomic E-state index is 2.49. The van der Waals surface area contributed by atoms with Crippen molar-refractivity contribution in [1.82, 2.24) is 9.80 Å². The van der Waals surface area contributed by atoms with Gasteiger partial charge in [0.15, 0.2) is 0 Å². The molecule has 0 N–H and O–H groups in total. The summed E-state index contributed by atoms with van der Waals surface area (Å²) in [5.41, 5.74) is 1.32. The van der Waals surface area contributed by atoms with Crippen molar-refractivity contribution in [3.63, 3.8) is 0 Å². The van der Waals surface area contributed by atoms with E-state index >= 15 is 0 Å². The third-order valence-corrected chi connectivity index (χ3v) is 3.55. The predicted octanol–water partition coefficient (Wildman–Crippen LogP) is 3.62. The van der Waals surface area contributed by atoms with E-state index in [2.05, 4.69) is 56.1 Å². The van der Waals surface area contributed by atoms with Gasteiger partial charge in [-0.3, -0.25) is 0 Å². The number of unbranched alkanes of at least 4 members (excludes halogenated alkanes) is 2. The molecule has 1 heterocycles. The highest BCUT2D eigenvalue weighted by Crippen LogP contribution is 2.18. The zero-order chi connectivity index (χ0) is 12.7. The molecule has 0 aromatic heterocycles. The molecular weight excluding hydrogens is 208 g/mol. The molecule has 98 valence electrons. The number of hydrogen-bond acceptors (Lipinski definition) is 2. The molecule has 0 bridgehead atoms. The predicted molar refractivity (Wildman–Crippen MR) is 75.8 cm³/mol. The number of hydrogen-bond donors (Lipinski definition) is 0. The first kappa shape index (κ1) is 14.1. The van der Waals surface area contributed by atoms with Gasteiger partial charge in [0.2, 0.25) is 0 Å². The average molecular weight is 236 g/mol. The summed E-state index contributed by atoms with van der Waals surface area (Å²) in [6, 6.07) is 0.720. The third kappa shape index (κ3) is 4.45. The van der Waals surface area contributed by atoms with Crippen LogP contribution < -0.4 is 0 Å². The summed E-state index contributed by atoms with van der Waals surface area (Å²) in [4.78, 5) is 4.66. The second-order valence-electron chi connectivity index (χ2n) is 5.09. The molecule has 0 radical (unpaired) electrons. The molecule has 1 atom stereocenters. The maximum absolute atomic E-state index is 2.49. The van der Waals surface area contributed by atoms with Crippen LogP contribution in [-0.2, 0) is 0 Å². The van der Waals surface area contributed by atoms with Crippen LogP contribution in [0.2, 0.25) is 0 Å². The quantitative estimate of drug-likeness (QED) is 0.623. The summed E-state index contributed by atoms with van der Waals surface area (Å²) in [6.07, 6.45) is 13.5. The zero-order valence-electron chi connectivity index (χ0n) is 11.9. The Labute approximate surface area is 107 Å². The lowest BCUT2D eigenvalue weighted by molar-refractivity contribution is 0.266. The van der Waals surface area contributed by atoms with E-state index in [1.807, 2.05) is 0 Å². The van der Waals surface area contributed by atoms with Crippen molar-refractivity contribution in [1.29, 1.82) is 0 Å². The van der Waals surface area contributed by atoms with Crippen LogP contribution in [-0.4, -0.2) is 36.5 Å². The molecule has 0 fully saturated rings. The zero-order valence-corrected chi connectivity index (χ0v) is 11.9. The summed E-state index contributed by atoms with van der Waals surface area (Å²) < 4.78 is 0. The van der Waals surface area contributed by atoms with Crippen molar-refractivity contribution in [2.75, 3.05) is 20.6 Å². The van der Waals surface area contributed by atoms with E-state index in [4.69, 9.17) is 0 Å². The second kappa shape index (κ2) is 7.41. The van der Waals surface area contributed by atoms with Crippen molar-refractivity contribution in [3.05, 3.63) is 24.0 Å². The third-order valence-electron chi connectivity index (χ3n) is 3.55. The molecule has 17 heavy (non-hydrogen) atoms. The van der Waals surface area contributed by atoms with Crippen LogP contribution in [0.1, 0.15) is 46.0 Å². The highest BCUT2D eigenvalue weighted by molar-refractivity contribution is 5.21. The molecule has 0 spiro atoms. The number of rotatable bonds is 7. The van der Waals surface area contributed by atoms with Gasteiger partial charge in [-0.2, -0.15) is 0 Å². The topological polar surface area (TPSA) is 6.48 Å². The standard InChI is InChI=1S/C15H28N2/c1-5-7-8-9-14(6-2)17-12-10-15(11-13-17)16(3)4/h10-12,14H,5-9,13H2,1-4H3. The Kier molecular flexibility index (Phi) is 6.17. The minimum Gasteiger partial charge on any atom is -0.378 e. The summed E-state index contributed by atoms with van der Waals surface area (Å²) >= 11 is 0. The van der Waals surface area contributed by atoms with Gasteiger partial charge in [-0.05, 0) is 25.0 Å². The summed E-state index contributed by atoms with van der Waals surface area (Å²) in [5, 5.41) is 0. The minimum atomic E-state index is 0.720. The Bertz CT molecular complexity index is 266. The monoisotopic (exact) mass is 236 g/mol. The van der Waals surface area contributed by atoms with E-state index in [9.17, 15) is 0 Å². The van der Waals surface area contributed by atoms with Gasteiger partial charge in [-0.15, -0.1) is 0 Å². The van der Waals surface area contributed by atoms with Crippen LogP contribution in [0.4, 0.5) is 0 Å². The molecule has 0 aromatic rings. The normalized spacial score (nSPS) is 16.9. The van der Waals surface area contributed by atoms with Crippen LogP contribution in [0.3, 0.4) is 0 Å². The Balaban J connectivity index is 2.43. The van der Waals surface area contributed by atoms with E-state index in [1.165, 1.54) is 37.8 Å². The first-order chi connectivity index (χ1) is 8.19. The molecule has 1 rings (SSSR count). The number of allylic oxidation sites excluding steroid dienone is 1. The van der Waals surface area contributed by atoms with Crippen molar-refractivity contribution in [3.8, 4) is 0 Å². The highest BCUT2D eigenvalue weighted by atomic mass is 15.2. The van der Waals surface area contributed by atoms with Gasteiger partial charge in [0, 0.05) is 38.6 Å². The molecular formula is C15H28N2. The van der Waals surface area contributed by atoms with E-state index in [-0.39, 0.29) is 0 Å². The van der Waals surface area contributed by atoms with Gasteiger partial charge >= 0.3 is 0 Å². The smallest absolute Gasteiger partial charge is 0.0380 e. The number of likely N-dealkylation sites (N-methyl/N-ethyl adjacent to an activating group) is 1. The molecule has 1 unspecified atom stereocenters. The molecule has 0 aromatic carbocycles. The Morgan fingerprint density at radius 1 is 1.29 bits per heavy atom. The van der Waals surface area contributed by atoms with E-state index in [0.717, 1.165) is 12.6 Å². The molecule has 1 aliphatic rings. The van der Waals surface area contributed by atoms with E-state index < -0.39 is 0 Å². The van der Waals surface area contributed by atoms with Crippen LogP contribution in [0, 0.1) is 0 Å². The summed E-state index contributed by atoms with van der Waals surface area (Å²) in [7, 11) is 4.20. The first-order valence-corrected chi connectivity index (χ1v) is 7.00. The molecule has 1 aliphatic heterocycles. The Morgan fingerprint density at radius 2 is 2.06 bits per heavy atom. The summed E-state index contributed by atoms with van der Waals surface area (Å²) in [5.74, 6) is 0. The fraction of sp³-hybridized carbons (Fsp3) is 0.733. The molecule has 0 saturated carbocycles. The van der Waals surface area contributed by atoms with Gasteiger partial charge in [0.25, 0.3) is 0 Å².